The van der Waals surface area contributed by atoms with Crippen molar-refractivity contribution in [1.29, 1.82) is 0 Å². The Hall–Kier alpha value is 0.270. The van der Waals surface area contributed by atoms with Gasteiger partial charge in [-0.05, 0) is 12.8 Å². The van der Waals surface area contributed by atoms with Gasteiger partial charge < -0.3 is 10.1 Å². The molecular formula is C7H17NOS. The molecule has 0 unspecified atom stereocenters. The van der Waals surface area contributed by atoms with E-state index < -0.39 is 0 Å². The molecule has 0 aliphatic heterocycles. The first-order valence-corrected chi connectivity index (χ1v) is 4.87. The number of nitrogens with one attached hydrogen (secondary N) is 1. The SMILES string of the molecule is CCSCCOCCNC. The van der Waals surface area contributed by atoms with E-state index in [4.69, 9.17) is 4.74 Å². The molecule has 0 heterocycles. The van der Waals surface area contributed by atoms with E-state index in [0.717, 1.165) is 25.5 Å². The van der Waals surface area contributed by atoms with Crippen molar-refractivity contribution in [2.45, 2.75) is 6.92 Å². The zero-order chi connectivity index (χ0) is 7.66. The fourth-order valence-electron chi connectivity index (χ4n) is 0.538. The van der Waals surface area contributed by atoms with Gasteiger partial charge in [0.2, 0.25) is 0 Å². The van der Waals surface area contributed by atoms with Gasteiger partial charge in [0.1, 0.15) is 0 Å². The summed E-state index contributed by atoms with van der Waals surface area (Å²) in [5.74, 6) is 2.32. The molecule has 0 aliphatic rings. The molecule has 0 amide bonds. The van der Waals surface area contributed by atoms with Gasteiger partial charge in [-0.2, -0.15) is 11.8 Å². The van der Waals surface area contributed by atoms with Gasteiger partial charge in [-0.1, -0.05) is 6.92 Å². The van der Waals surface area contributed by atoms with Crippen LogP contribution in [0.15, 0.2) is 0 Å². The highest BCUT2D eigenvalue weighted by molar-refractivity contribution is 7.99. The molecule has 62 valence electrons. The van der Waals surface area contributed by atoms with Crippen molar-refractivity contribution in [2.75, 3.05) is 38.3 Å². The van der Waals surface area contributed by atoms with Crippen LogP contribution in [-0.4, -0.2) is 38.3 Å². The molecule has 0 saturated heterocycles. The van der Waals surface area contributed by atoms with E-state index >= 15 is 0 Å². The number of hydrogen-bond acceptors (Lipinski definition) is 3. The number of ether oxygens (including phenoxy) is 1. The first-order valence-electron chi connectivity index (χ1n) is 3.72. The van der Waals surface area contributed by atoms with Gasteiger partial charge in [0.05, 0.1) is 13.2 Å². The van der Waals surface area contributed by atoms with Gasteiger partial charge in [0.25, 0.3) is 0 Å². The number of likely N-dealkylation sites (N-methyl/N-ethyl adjacent to an activating group) is 1. The van der Waals surface area contributed by atoms with E-state index in [-0.39, 0.29) is 0 Å². The summed E-state index contributed by atoms with van der Waals surface area (Å²) in [7, 11) is 1.93. The molecule has 0 bridgehead atoms. The molecule has 0 aromatic carbocycles. The minimum atomic E-state index is 0.834. The van der Waals surface area contributed by atoms with Crippen molar-refractivity contribution in [3.05, 3.63) is 0 Å². The van der Waals surface area contributed by atoms with Gasteiger partial charge in [-0.25, -0.2) is 0 Å². The molecule has 0 atom stereocenters. The van der Waals surface area contributed by atoms with Gasteiger partial charge in [-0.3, -0.25) is 0 Å². The molecule has 0 spiro atoms. The highest BCUT2D eigenvalue weighted by Crippen LogP contribution is 1.96. The average Bonchev–Trinajstić information content (AvgIpc) is 1.97. The lowest BCUT2D eigenvalue weighted by molar-refractivity contribution is 0.153. The molecule has 0 aromatic heterocycles. The molecule has 0 radical (unpaired) electrons. The van der Waals surface area contributed by atoms with E-state index in [9.17, 15) is 0 Å². The second kappa shape index (κ2) is 9.27. The molecule has 1 N–H and O–H groups in total. The summed E-state index contributed by atoms with van der Waals surface area (Å²) in [4.78, 5) is 0. The molecule has 0 saturated carbocycles. The maximum absolute atomic E-state index is 5.29. The van der Waals surface area contributed by atoms with Crippen molar-refractivity contribution >= 4 is 11.8 Å². The van der Waals surface area contributed by atoms with Crippen LogP contribution in [0.4, 0.5) is 0 Å². The molecule has 0 rings (SSSR count). The second-order valence-electron chi connectivity index (χ2n) is 1.91. The van der Waals surface area contributed by atoms with E-state index in [1.165, 1.54) is 5.75 Å². The summed E-state index contributed by atoms with van der Waals surface area (Å²) in [6, 6.07) is 0. The molecule has 2 nitrogen and oxygen atoms in total. The largest absolute Gasteiger partial charge is 0.379 e. The smallest absolute Gasteiger partial charge is 0.0591 e. The standard InChI is InChI=1S/C7H17NOS/c1-3-10-7-6-9-5-4-8-2/h8H,3-7H2,1-2H3. The summed E-state index contributed by atoms with van der Waals surface area (Å²) in [6.45, 7) is 4.84. The molecule has 10 heavy (non-hydrogen) atoms. The van der Waals surface area contributed by atoms with Crippen LogP contribution in [-0.2, 0) is 4.74 Å². The first kappa shape index (κ1) is 10.3. The van der Waals surface area contributed by atoms with Gasteiger partial charge >= 0.3 is 0 Å². The Morgan fingerprint density at radius 3 is 2.80 bits per heavy atom. The van der Waals surface area contributed by atoms with Crippen molar-refractivity contribution in [3.63, 3.8) is 0 Å². The molecule has 0 aromatic rings. The van der Waals surface area contributed by atoms with Gasteiger partial charge in [-0.15, -0.1) is 0 Å². The third-order valence-electron chi connectivity index (χ3n) is 1.07. The molecule has 0 fully saturated rings. The lowest BCUT2D eigenvalue weighted by Crippen LogP contribution is -2.15. The zero-order valence-electron chi connectivity index (χ0n) is 6.85. The predicted octanol–water partition coefficient (Wildman–Crippen LogP) is 0.975. The summed E-state index contributed by atoms with van der Waals surface area (Å²) in [5, 5.41) is 3.03. The second-order valence-corrected chi connectivity index (χ2v) is 3.31. The Morgan fingerprint density at radius 2 is 2.20 bits per heavy atom. The third-order valence-corrected chi connectivity index (χ3v) is 1.94. The Labute approximate surface area is 67.7 Å². The minimum Gasteiger partial charge on any atom is -0.379 e. The Kier molecular flexibility index (Phi) is 9.52. The van der Waals surface area contributed by atoms with Crippen LogP contribution in [0.2, 0.25) is 0 Å². The van der Waals surface area contributed by atoms with E-state index in [1.54, 1.807) is 0 Å². The normalized spacial score (nSPS) is 10.2. The Bertz CT molecular complexity index is 53.6. The Balaban J connectivity index is 2.65. The summed E-state index contributed by atoms with van der Waals surface area (Å²) < 4.78 is 5.29. The molecular weight excluding hydrogens is 146 g/mol. The lowest BCUT2D eigenvalue weighted by Gasteiger charge is -2.01. The highest BCUT2D eigenvalue weighted by Gasteiger charge is 1.86. The van der Waals surface area contributed by atoms with Crippen LogP contribution in [0.5, 0.6) is 0 Å². The minimum absolute atomic E-state index is 0.834. The van der Waals surface area contributed by atoms with Crippen molar-refractivity contribution in [2.24, 2.45) is 0 Å². The van der Waals surface area contributed by atoms with Crippen molar-refractivity contribution in [3.8, 4) is 0 Å². The predicted molar refractivity (Wildman–Crippen MR) is 47.7 cm³/mol. The summed E-state index contributed by atoms with van der Waals surface area (Å²) in [5.41, 5.74) is 0. The van der Waals surface area contributed by atoms with Crippen LogP contribution in [0.3, 0.4) is 0 Å². The number of hydrogen-bond donors (Lipinski definition) is 1. The van der Waals surface area contributed by atoms with Gasteiger partial charge in [0.15, 0.2) is 0 Å². The van der Waals surface area contributed by atoms with Crippen LogP contribution in [0.1, 0.15) is 6.92 Å². The maximum atomic E-state index is 5.29. The van der Waals surface area contributed by atoms with Gasteiger partial charge in [0, 0.05) is 12.3 Å². The van der Waals surface area contributed by atoms with E-state index in [0.29, 0.717) is 0 Å². The van der Waals surface area contributed by atoms with Crippen molar-refractivity contribution < 1.29 is 4.74 Å². The maximum Gasteiger partial charge on any atom is 0.0591 e. The first-order chi connectivity index (χ1) is 4.91. The summed E-state index contributed by atoms with van der Waals surface area (Å²) in [6.07, 6.45) is 0. The van der Waals surface area contributed by atoms with E-state index in [1.807, 2.05) is 18.8 Å². The van der Waals surface area contributed by atoms with Crippen LogP contribution in [0, 0.1) is 0 Å². The highest BCUT2D eigenvalue weighted by atomic mass is 32.2. The molecule has 0 aliphatic carbocycles. The van der Waals surface area contributed by atoms with Crippen LogP contribution in [0.25, 0.3) is 0 Å². The van der Waals surface area contributed by atoms with Crippen LogP contribution >= 0.6 is 11.8 Å². The fourth-order valence-corrected chi connectivity index (χ4v) is 1.06. The number of rotatable bonds is 7. The van der Waals surface area contributed by atoms with E-state index in [2.05, 4.69) is 12.2 Å². The lowest BCUT2D eigenvalue weighted by atomic mass is 10.7. The quantitative estimate of drug-likeness (QED) is 0.565. The number of thioether (sulfide) groups is 1. The third kappa shape index (κ3) is 8.27. The van der Waals surface area contributed by atoms with Crippen molar-refractivity contribution in [1.82, 2.24) is 5.32 Å². The zero-order valence-corrected chi connectivity index (χ0v) is 7.67. The van der Waals surface area contributed by atoms with Crippen LogP contribution < -0.4 is 5.32 Å². The Morgan fingerprint density at radius 1 is 1.40 bits per heavy atom. The topological polar surface area (TPSA) is 21.3 Å². The molecule has 3 heteroatoms. The summed E-state index contributed by atoms with van der Waals surface area (Å²) >= 11 is 1.92. The average molecular weight is 163 g/mol. The fraction of sp³-hybridized carbons (Fsp3) is 1.00. The monoisotopic (exact) mass is 163 g/mol.